The number of aromatic amines is 1. The summed E-state index contributed by atoms with van der Waals surface area (Å²) in [7, 11) is 0. The zero-order chi connectivity index (χ0) is 29.1. The van der Waals surface area contributed by atoms with Crippen molar-refractivity contribution >= 4 is 16.8 Å². The van der Waals surface area contributed by atoms with Crippen LogP contribution >= 0.6 is 0 Å². The van der Waals surface area contributed by atoms with Crippen molar-refractivity contribution in [1.82, 2.24) is 15.4 Å². The Morgan fingerprint density at radius 1 is 1.02 bits per heavy atom. The maximum atomic E-state index is 13.5. The van der Waals surface area contributed by atoms with Gasteiger partial charge in [-0.3, -0.25) is 9.63 Å². The molecule has 0 spiro atoms. The molecule has 5 rings (SSSR count). The van der Waals surface area contributed by atoms with Crippen LogP contribution < -0.4 is 5.32 Å². The molecule has 1 saturated heterocycles. The third kappa shape index (κ3) is 6.39. The predicted octanol–water partition coefficient (Wildman–Crippen LogP) is 4.97. The number of carbonyl (C=O) groups excluding carboxylic acids is 1. The van der Waals surface area contributed by atoms with E-state index in [1.165, 1.54) is 5.56 Å². The highest BCUT2D eigenvalue weighted by atomic mass is 16.7. The number of hydroxylamine groups is 2. The molecular weight excluding hydrogens is 514 g/mol. The minimum absolute atomic E-state index is 0.105. The van der Waals surface area contributed by atoms with Gasteiger partial charge in [-0.25, -0.2) is 0 Å². The molecule has 41 heavy (non-hydrogen) atoms. The summed E-state index contributed by atoms with van der Waals surface area (Å²) < 4.78 is 0. The molecule has 3 aromatic carbocycles. The van der Waals surface area contributed by atoms with E-state index >= 15 is 0 Å². The Bertz CT molecular complexity index is 1450. The lowest BCUT2D eigenvalue weighted by Crippen LogP contribution is -2.48. The smallest absolute Gasteiger partial charge is 0.240 e. The summed E-state index contributed by atoms with van der Waals surface area (Å²) in [5, 5.41) is 26.4. The van der Waals surface area contributed by atoms with Crippen molar-refractivity contribution in [2.24, 2.45) is 5.92 Å². The van der Waals surface area contributed by atoms with Crippen molar-refractivity contribution in [2.45, 2.75) is 64.3 Å². The number of nitrogens with one attached hydrogen (secondary N) is 2. The molecule has 4 N–H and O–H groups in total. The van der Waals surface area contributed by atoms with E-state index in [0.717, 1.165) is 33.2 Å². The largest absolute Gasteiger partial charge is 0.396 e. The van der Waals surface area contributed by atoms with Crippen LogP contribution in [0.25, 0.3) is 22.0 Å². The van der Waals surface area contributed by atoms with Crippen LogP contribution in [0.1, 0.15) is 44.4 Å². The summed E-state index contributed by atoms with van der Waals surface area (Å²) in [6, 6.07) is 24.2. The van der Waals surface area contributed by atoms with Crippen molar-refractivity contribution in [3.8, 4) is 11.1 Å². The highest BCUT2D eigenvalue weighted by Gasteiger charge is 2.48. The molecule has 1 aliphatic heterocycles. The standard InChI is InChI=1S/C34H41N3O4/c1-22(39)32-29(21-38)31(33(40)35-18-17-26-19-36-30-8-6-5-7-28(26)30)37(41-32)20-23-9-11-24(12-10-23)25-13-15-27(16-14-25)34(2,3)4/h5-16,19,22,29,31-32,36,38-39H,17-18,20-21H2,1-4H3,(H,35,40)/t22-,29+,31+,32+/m0/s1. The molecule has 1 fully saturated rings. The number of benzene rings is 3. The molecule has 0 aliphatic carbocycles. The summed E-state index contributed by atoms with van der Waals surface area (Å²) in [6.07, 6.45) is 1.14. The highest BCUT2D eigenvalue weighted by Crippen LogP contribution is 2.32. The Balaban J connectivity index is 1.27. The van der Waals surface area contributed by atoms with Gasteiger partial charge in [-0.2, -0.15) is 5.06 Å². The normalized spacial score (nSPS) is 20.4. The summed E-state index contributed by atoms with van der Waals surface area (Å²) in [6.45, 7) is 8.78. The first-order valence-corrected chi connectivity index (χ1v) is 14.4. The van der Waals surface area contributed by atoms with Gasteiger partial charge in [0, 0.05) is 29.6 Å². The van der Waals surface area contributed by atoms with Gasteiger partial charge < -0.3 is 20.5 Å². The fourth-order valence-electron chi connectivity index (χ4n) is 5.71. The van der Waals surface area contributed by atoms with Gasteiger partial charge in [0.25, 0.3) is 0 Å². The topological polar surface area (TPSA) is 97.8 Å². The number of nitrogens with zero attached hydrogens (tertiary/aromatic N) is 1. The van der Waals surface area contributed by atoms with E-state index in [0.29, 0.717) is 19.5 Å². The second-order valence-corrected chi connectivity index (χ2v) is 12.1. The highest BCUT2D eigenvalue weighted by molar-refractivity contribution is 5.84. The summed E-state index contributed by atoms with van der Waals surface area (Å²) in [5.74, 6) is -0.772. The molecule has 2 heterocycles. The Morgan fingerprint density at radius 2 is 1.68 bits per heavy atom. The maximum absolute atomic E-state index is 13.5. The number of amides is 1. The Labute approximate surface area is 242 Å². The van der Waals surface area contributed by atoms with Crippen LogP contribution in [0.5, 0.6) is 0 Å². The van der Waals surface area contributed by atoms with E-state index in [-0.39, 0.29) is 17.9 Å². The lowest BCUT2D eigenvalue weighted by Gasteiger charge is -2.24. The third-order valence-corrected chi connectivity index (χ3v) is 8.09. The van der Waals surface area contributed by atoms with Crippen LogP contribution in [0.4, 0.5) is 0 Å². The van der Waals surface area contributed by atoms with Crippen molar-refractivity contribution in [3.63, 3.8) is 0 Å². The van der Waals surface area contributed by atoms with Crippen molar-refractivity contribution in [1.29, 1.82) is 0 Å². The van der Waals surface area contributed by atoms with E-state index in [1.54, 1.807) is 12.0 Å². The van der Waals surface area contributed by atoms with Crippen LogP contribution in [-0.4, -0.2) is 57.6 Å². The second kappa shape index (κ2) is 12.2. The zero-order valence-electron chi connectivity index (χ0n) is 24.3. The molecular formula is C34H41N3O4. The van der Waals surface area contributed by atoms with Crippen molar-refractivity contribution in [3.05, 3.63) is 95.7 Å². The van der Waals surface area contributed by atoms with Gasteiger partial charge in [0.15, 0.2) is 0 Å². The monoisotopic (exact) mass is 555 g/mol. The first kappa shape index (κ1) is 29.0. The van der Waals surface area contributed by atoms with Crippen LogP contribution in [-0.2, 0) is 28.0 Å². The van der Waals surface area contributed by atoms with Crippen molar-refractivity contribution in [2.75, 3.05) is 13.2 Å². The predicted molar refractivity (Wildman–Crippen MR) is 162 cm³/mol. The first-order chi connectivity index (χ1) is 19.7. The first-order valence-electron chi connectivity index (χ1n) is 14.4. The van der Waals surface area contributed by atoms with E-state index in [4.69, 9.17) is 4.84 Å². The fraction of sp³-hybridized carbons (Fsp3) is 0.382. The Hall–Kier alpha value is -3.49. The van der Waals surface area contributed by atoms with E-state index in [9.17, 15) is 15.0 Å². The molecule has 1 aliphatic rings. The van der Waals surface area contributed by atoms with Gasteiger partial charge in [0.05, 0.1) is 19.3 Å². The number of para-hydroxylation sites is 1. The summed E-state index contributed by atoms with van der Waals surface area (Å²) >= 11 is 0. The second-order valence-electron chi connectivity index (χ2n) is 12.1. The Kier molecular flexibility index (Phi) is 8.61. The number of aliphatic hydroxyl groups excluding tert-OH is 2. The molecule has 0 bridgehead atoms. The molecule has 7 heteroatoms. The lowest BCUT2D eigenvalue weighted by molar-refractivity contribution is -0.192. The molecule has 0 radical (unpaired) electrons. The van der Waals surface area contributed by atoms with Crippen LogP contribution in [0.2, 0.25) is 0 Å². The molecule has 4 aromatic rings. The number of aromatic nitrogens is 1. The van der Waals surface area contributed by atoms with Crippen molar-refractivity contribution < 1.29 is 19.8 Å². The summed E-state index contributed by atoms with van der Waals surface area (Å²) in [4.78, 5) is 22.8. The van der Waals surface area contributed by atoms with Gasteiger partial charge in [0.1, 0.15) is 12.1 Å². The number of hydrogen-bond donors (Lipinski definition) is 4. The SMILES string of the molecule is C[C@H](O)[C@H]1ON(Cc2ccc(-c3ccc(C(C)(C)C)cc3)cc2)[C@@H](C(=O)NCCc2c[nH]c3ccccc23)[C@H]1CO. The quantitative estimate of drug-likeness (QED) is 0.234. The number of aliphatic hydroxyl groups is 2. The average Bonchev–Trinajstić information content (AvgIpc) is 3.54. The molecule has 216 valence electrons. The van der Waals surface area contributed by atoms with E-state index in [1.807, 2.05) is 36.5 Å². The van der Waals surface area contributed by atoms with Gasteiger partial charge in [-0.15, -0.1) is 0 Å². The molecule has 7 nitrogen and oxygen atoms in total. The van der Waals surface area contributed by atoms with E-state index < -0.39 is 24.2 Å². The van der Waals surface area contributed by atoms with Crippen LogP contribution in [0.15, 0.2) is 79.0 Å². The van der Waals surface area contributed by atoms with E-state index in [2.05, 4.69) is 73.5 Å². The number of H-pyrrole nitrogens is 1. The fourth-order valence-corrected chi connectivity index (χ4v) is 5.71. The number of fused-ring (bicyclic) bond motifs is 1. The van der Waals surface area contributed by atoms with Gasteiger partial charge >= 0.3 is 0 Å². The van der Waals surface area contributed by atoms with Crippen LogP contribution in [0.3, 0.4) is 0 Å². The third-order valence-electron chi connectivity index (χ3n) is 8.09. The molecule has 1 aromatic heterocycles. The van der Waals surface area contributed by atoms with Gasteiger partial charge in [-0.05, 0) is 52.6 Å². The lowest BCUT2D eigenvalue weighted by atomic mass is 9.86. The zero-order valence-corrected chi connectivity index (χ0v) is 24.3. The van der Waals surface area contributed by atoms with Gasteiger partial charge in [0.2, 0.25) is 5.91 Å². The number of hydrogen-bond acceptors (Lipinski definition) is 5. The minimum atomic E-state index is -0.836. The molecule has 0 saturated carbocycles. The van der Waals surface area contributed by atoms with Crippen LogP contribution in [0, 0.1) is 5.92 Å². The van der Waals surface area contributed by atoms with Gasteiger partial charge in [-0.1, -0.05) is 87.5 Å². The number of rotatable bonds is 9. The molecule has 4 atom stereocenters. The summed E-state index contributed by atoms with van der Waals surface area (Å²) in [5.41, 5.74) is 6.82. The Morgan fingerprint density at radius 3 is 2.32 bits per heavy atom. The number of carbonyl (C=O) groups is 1. The minimum Gasteiger partial charge on any atom is -0.396 e. The molecule has 0 unspecified atom stereocenters. The average molecular weight is 556 g/mol. The maximum Gasteiger partial charge on any atom is 0.240 e. The molecule has 1 amide bonds.